The maximum atomic E-state index is 12.1. The second kappa shape index (κ2) is 8.05. The van der Waals surface area contributed by atoms with Crippen LogP contribution in [0.5, 0.6) is 0 Å². The number of hydrogen-bond donors (Lipinski definition) is 2. The van der Waals surface area contributed by atoms with Crippen LogP contribution < -0.4 is 10.6 Å². The van der Waals surface area contributed by atoms with Crippen LogP contribution in [0.15, 0.2) is 24.3 Å². The number of nitrogens with one attached hydrogen (secondary N) is 2. The number of amides is 1. The van der Waals surface area contributed by atoms with Crippen LogP contribution in [0.25, 0.3) is 11.0 Å². The van der Waals surface area contributed by atoms with Crippen molar-refractivity contribution >= 4 is 28.7 Å². The number of carbonyl (C=O) groups excluding carboxylic acids is 1. The van der Waals surface area contributed by atoms with Crippen molar-refractivity contribution < 1.29 is 4.79 Å². The first-order chi connectivity index (χ1) is 10.3. The second-order valence-electron chi connectivity index (χ2n) is 4.84. The highest BCUT2D eigenvalue weighted by Crippen LogP contribution is 2.18. The number of aromatic nitrogens is 2. The van der Waals surface area contributed by atoms with Gasteiger partial charge in [0.05, 0.1) is 16.8 Å². The Kier molecular flexibility index (Phi) is 6.07. The van der Waals surface area contributed by atoms with E-state index in [-0.39, 0.29) is 5.91 Å². The molecule has 0 saturated heterocycles. The number of thioether (sulfide) groups is 1. The SMILES string of the molecule is CNCCCNC(=O)Cn1c(CSC)nc2ccccc21. The number of imidazole rings is 1. The van der Waals surface area contributed by atoms with E-state index < -0.39 is 0 Å². The van der Waals surface area contributed by atoms with Crippen LogP contribution in [0, 0.1) is 0 Å². The smallest absolute Gasteiger partial charge is 0.240 e. The molecular weight excluding hydrogens is 284 g/mol. The van der Waals surface area contributed by atoms with Gasteiger partial charge in [-0.2, -0.15) is 11.8 Å². The van der Waals surface area contributed by atoms with Gasteiger partial charge in [-0.3, -0.25) is 4.79 Å². The highest BCUT2D eigenvalue weighted by atomic mass is 32.2. The van der Waals surface area contributed by atoms with Gasteiger partial charge in [0.15, 0.2) is 0 Å². The summed E-state index contributed by atoms with van der Waals surface area (Å²) in [4.78, 5) is 16.7. The topological polar surface area (TPSA) is 58.9 Å². The maximum Gasteiger partial charge on any atom is 0.240 e. The Balaban J connectivity index is 2.08. The molecule has 0 aliphatic carbocycles. The van der Waals surface area contributed by atoms with Crippen molar-refractivity contribution in [2.45, 2.75) is 18.7 Å². The molecule has 114 valence electrons. The molecule has 0 aliphatic rings. The van der Waals surface area contributed by atoms with Crippen molar-refractivity contribution in [2.24, 2.45) is 0 Å². The van der Waals surface area contributed by atoms with Gasteiger partial charge >= 0.3 is 0 Å². The van der Waals surface area contributed by atoms with Gasteiger partial charge < -0.3 is 15.2 Å². The van der Waals surface area contributed by atoms with E-state index in [2.05, 4.69) is 15.6 Å². The Hall–Kier alpha value is -1.53. The number of benzene rings is 1. The van der Waals surface area contributed by atoms with Crippen LogP contribution in [-0.2, 0) is 17.1 Å². The average molecular weight is 306 g/mol. The molecule has 0 spiro atoms. The molecule has 2 aromatic rings. The van der Waals surface area contributed by atoms with Crippen LogP contribution in [0.3, 0.4) is 0 Å². The largest absolute Gasteiger partial charge is 0.355 e. The van der Waals surface area contributed by atoms with Crippen LogP contribution in [0.4, 0.5) is 0 Å². The van der Waals surface area contributed by atoms with Crippen molar-refractivity contribution in [1.82, 2.24) is 20.2 Å². The van der Waals surface area contributed by atoms with E-state index >= 15 is 0 Å². The Morgan fingerprint density at radius 1 is 1.33 bits per heavy atom. The quantitative estimate of drug-likeness (QED) is 0.728. The molecule has 0 saturated carbocycles. The summed E-state index contributed by atoms with van der Waals surface area (Å²) in [5.74, 6) is 1.80. The molecule has 1 aromatic carbocycles. The minimum absolute atomic E-state index is 0.0385. The van der Waals surface area contributed by atoms with E-state index in [4.69, 9.17) is 0 Å². The van der Waals surface area contributed by atoms with Crippen molar-refractivity contribution in [3.05, 3.63) is 30.1 Å². The van der Waals surface area contributed by atoms with Crippen molar-refractivity contribution in [3.63, 3.8) is 0 Å². The van der Waals surface area contributed by atoms with Gasteiger partial charge in [-0.1, -0.05) is 12.1 Å². The summed E-state index contributed by atoms with van der Waals surface area (Å²) in [6, 6.07) is 7.95. The minimum atomic E-state index is 0.0385. The third kappa shape index (κ3) is 4.22. The molecule has 0 fully saturated rings. The lowest BCUT2D eigenvalue weighted by molar-refractivity contribution is -0.121. The zero-order valence-corrected chi connectivity index (χ0v) is 13.4. The lowest BCUT2D eigenvalue weighted by atomic mass is 10.3. The van der Waals surface area contributed by atoms with E-state index in [0.29, 0.717) is 13.1 Å². The lowest BCUT2D eigenvalue weighted by Gasteiger charge is -2.09. The molecule has 1 heterocycles. The minimum Gasteiger partial charge on any atom is -0.355 e. The Morgan fingerprint density at radius 3 is 2.90 bits per heavy atom. The van der Waals surface area contributed by atoms with E-state index in [0.717, 1.165) is 35.6 Å². The zero-order chi connectivity index (χ0) is 15.1. The molecule has 0 aliphatic heterocycles. The van der Waals surface area contributed by atoms with Crippen molar-refractivity contribution in [3.8, 4) is 0 Å². The summed E-state index contributed by atoms with van der Waals surface area (Å²) in [6.07, 6.45) is 2.98. The number of para-hydroxylation sites is 2. The van der Waals surface area contributed by atoms with Gasteiger partial charge in [-0.15, -0.1) is 0 Å². The van der Waals surface area contributed by atoms with Gasteiger partial charge in [0.2, 0.25) is 5.91 Å². The Bertz CT molecular complexity index is 596. The summed E-state index contributed by atoms with van der Waals surface area (Å²) >= 11 is 1.71. The standard InChI is InChI=1S/C15H22N4OS/c1-16-8-5-9-17-15(20)10-19-13-7-4-3-6-12(13)18-14(19)11-21-2/h3-4,6-7,16H,5,8-11H2,1-2H3,(H,17,20). The fourth-order valence-electron chi connectivity index (χ4n) is 2.23. The summed E-state index contributed by atoms with van der Waals surface area (Å²) in [5.41, 5.74) is 1.97. The number of rotatable bonds is 8. The molecule has 0 atom stereocenters. The normalized spacial score (nSPS) is 11.0. The summed E-state index contributed by atoms with van der Waals surface area (Å²) in [5, 5.41) is 6.02. The van der Waals surface area contributed by atoms with E-state index in [1.807, 2.05) is 42.1 Å². The molecule has 2 N–H and O–H groups in total. The van der Waals surface area contributed by atoms with Gasteiger partial charge in [0.25, 0.3) is 0 Å². The second-order valence-corrected chi connectivity index (χ2v) is 5.71. The molecule has 0 radical (unpaired) electrons. The molecule has 2 rings (SSSR count). The highest BCUT2D eigenvalue weighted by Gasteiger charge is 2.12. The summed E-state index contributed by atoms with van der Waals surface area (Å²) in [7, 11) is 1.91. The lowest BCUT2D eigenvalue weighted by Crippen LogP contribution is -2.30. The van der Waals surface area contributed by atoms with Crippen LogP contribution >= 0.6 is 11.8 Å². The summed E-state index contributed by atoms with van der Waals surface area (Å²) in [6.45, 7) is 1.94. The first-order valence-electron chi connectivity index (χ1n) is 7.10. The van der Waals surface area contributed by atoms with Gasteiger partial charge in [-0.25, -0.2) is 4.98 Å². The maximum absolute atomic E-state index is 12.1. The molecule has 0 bridgehead atoms. The first kappa shape index (κ1) is 15.9. The van der Waals surface area contributed by atoms with Gasteiger partial charge in [-0.05, 0) is 38.4 Å². The number of hydrogen-bond acceptors (Lipinski definition) is 4. The summed E-state index contributed by atoms with van der Waals surface area (Å²) < 4.78 is 2.01. The zero-order valence-electron chi connectivity index (χ0n) is 12.6. The van der Waals surface area contributed by atoms with Crippen molar-refractivity contribution in [2.75, 3.05) is 26.4 Å². The van der Waals surface area contributed by atoms with Crippen molar-refractivity contribution in [1.29, 1.82) is 0 Å². The number of nitrogens with zero attached hydrogens (tertiary/aromatic N) is 2. The highest BCUT2D eigenvalue weighted by molar-refractivity contribution is 7.97. The van der Waals surface area contributed by atoms with Crippen LogP contribution in [0.1, 0.15) is 12.2 Å². The fraction of sp³-hybridized carbons (Fsp3) is 0.467. The number of carbonyl (C=O) groups is 1. The number of fused-ring (bicyclic) bond motifs is 1. The monoisotopic (exact) mass is 306 g/mol. The predicted octanol–water partition coefficient (Wildman–Crippen LogP) is 1.62. The van der Waals surface area contributed by atoms with Crippen LogP contribution in [-0.4, -0.2) is 41.9 Å². The predicted molar refractivity (Wildman–Crippen MR) is 88.5 cm³/mol. The van der Waals surface area contributed by atoms with E-state index in [1.54, 1.807) is 11.8 Å². The molecule has 5 nitrogen and oxygen atoms in total. The van der Waals surface area contributed by atoms with Gasteiger partial charge in [0.1, 0.15) is 12.4 Å². The molecule has 21 heavy (non-hydrogen) atoms. The average Bonchev–Trinajstić information content (AvgIpc) is 2.82. The molecule has 1 aromatic heterocycles. The molecular formula is C15H22N4OS. The third-order valence-corrected chi connectivity index (χ3v) is 3.78. The fourth-order valence-corrected chi connectivity index (χ4v) is 2.71. The molecule has 6 heteroatoms. The van der Waals surface area contributed by atoms with E-state index in [9.17, 15) is 4.79 Å². The van der Waals surface area contributed by atoms with E-state index in [1.165, 1.54) is 0 Å². The van der Waals surface area contributed by atoms with Gasteiger partial charge in [0, 0.05) is 6.54 Å². The Labute approximate surface area is 129 Å². The van der Waals surface area contributed by atoms with Crippen LogP contribution in [0.2, 0.25) is 0 Å². The Morgan fingerprint density at radius 2 is 2.14 bits per heavy atom. The molecule has 0 unspecified atom stereocenters. The first-order valence-corrected chi connectivity index (χ1v) is 8.50. The third-order valence-electron chi connectivity index (χ3n) is 3.23. The molecule has 1 amide bonds.